The summed E-state index contributed by atoms with van der Waals surface area (Å²) in [7, 11) is 0. The summed E-state index contributed by atoms with van der Waals surface area (Å²) >= 11 is 0. The van der Waals surface area contributed by atoms with E-state index in [1.165, 1.54) is 6.92 Å². The normalized spacial score (nSPS) is 12.3. The molecular formula is C69H67N15O10. The maximum Gasteiger partial charge on any atom is 0.254 e. The fourth-order valence-corrected chi connectivity index (χ4v) is 11.6. The number of nitrogens with one attached hydrogen (secondary N) is 11. The molecule has 0 bridgehead atoms. The zero-order chi connectivity index (χ0) is 65.8. The van der Waals surface area contributed by atoms with Crippen LogP contribution in [0.2, 0.25) is 0 Å². The van der Waals surface area contributed by atoms with Gasteiger partial charge in [0.1, 0.15) is 18.1 Å². The number of aromatic amines is 2. The van der Waals surface area contributed by atoms with Crippen molar-refractivity contribution in [2.75, 3.05) is 39.3 Å². The summed E-state index contributed by atoms with van der Waals surface area (Å²) in [5, 5.41) is 28.2. The number of para-hydroxylation sites is 6. The first-order valence-electron chi connectivity index (χ1n) is 30.8. The van der Waals surface area contributed by atoms with Gasteiger partial charge in [-0.3, -0.25) is 47.9 Å². The molecule has 5 heterocycles. The number of nitrogens with two attached hydrogens (primary N) is 1. The lowest BCUT2D eigenvalue weighted by molar-refractivity contribution is -0.129. The van der Waals surface area contributed by atoms with Crippen molar-refractivity contribution in [1.82, 2.24) is 72.8 Å². The van der Waals surface area contributed by atoms with Gasteiger partial charge in [0.25, 0.3) is 17.7 Å². The number of amides is 10. The number of H-pyrrole nitrogens is 2. The van der Waals surface area contributed by atoms with Gasteiger partial charge >= 0.3 is 0 Å². The first kappa shape index (κ1) is 63.7. The molecule has 25 heteroatoms. The van der Waals surface area contributed by atoms with Gasteiger partial charge in [-0.05, 0) is 74.9 Å². The summed E-state index contributed by atoms with van der Waals surface area (Å²) < 4.78 is 0. The molecule has 0 aliphatic carbocycles. The van der Waals surface area contributed by atoms with E-state index in [2.05, 4.69) is 62.8 Å². The number of nitrogens with zero attached hydrogens (tertiary/aromatic N) is 3. The van der Waals surface area contributed by atoms with Gasteiger partial charge in [-0.15, -0.1) is 0 Å². The van der Waals surface area contributed by atoms with Crippen molar-refractivity contribution in [2.45, 2.75) is 63.6 Å². The third-order valence-corrected chi connectivity index (χ3v) is 16.1. The predicted molar refractivity (Wildman–Crippen MR) is 356 cm³/mol. The molecule has 10 amide bonds. The number of fused-ring (bicyclic) bond motifs is 10. The fourth-order valence-electron chi connectivity index (χ4n) is 11.6. The third-order valence-electron chi connectivity index (χ3n) is 16.1. The Bertz CT molecular complexity index is 4760. The molecule has 25 nitrogen and oxygen atoms in total. The van der Waals surface area contributed by atoms with Crippen molar-refractivity contribution in [3.8, 4) is 0 Å². The van der Waals surface area contributed by atoms with Gasteiger partial charge < -0.3 is 63.6 Å². The second kappa shape index (κ2) is 28.9. The summed E-state index contributed by atoms with van der Waals surface area (Å²) in [5.41, 5.74) is 12.6. The summed E-state index contributed by atoms with van der Waals surface area (Å²) in [6.07, 6.45) is 0.516. The molecule has 11 rings (SSSR count). The molecule has 13 N–H and O–H groups in total. The van der Waals surface area contributed by atoms with Gasteiger partial charge in [0, 0.05) is 69.9 Å². The van der Waals surface area contributed by atoms with E-state index in [0.29, 0.717) is 77.7 Å². The highest BCUT2D eigenvalue weighted by molar-refractivity contribution is 6.22. The van der Waals surface area contributed by atoms with Gasteiger partial charge in [-0.25, -0.2) is 15.0 Å². The Balaban J connectivity index is 0.724. The largest absolute Gasteiger partial charge is 0.368 e. The molecular weight excluding hydrogens is 1200 g/mol. The summed E-state index contributed by atoms with van der Waals surface area (Å²) in [6, 6.07) is 39.9. The molecule has 0 radical (unpaired) electrons. The zero-order valence-corrected chi connectivity index (χ0v) is 51.1. The van der Waals surface area contributed by atoms with Crippen molar-refractivity contribution in [1.29, 1.82) is 0 Å². The van der Waals surface area contributed by atoms with Crippen LogP contribution in [0, 0.1) is 0 Å². The SMILES string of the molecule is CC(=O)NCCCC(NC(=O)CNC(=O)c1c2ccccc2nc2ccccc12)C(=O)NCCCC(NC(=O)CNC(=O)c1c2ccccc2nc2c1[nH]c1ccccc12)C(=O)NCCCC(NC(=O)CNC(=O)c1c2ccccc2nc2c1[nH]c1ccccc12)C(N)=O. The second-order valence-corrected chi connectivity index (χ2v) is 22.6. The standard InChI is InChI=1S/C69H67N15O10/c1-38(85)71-32-15-30-52(79-55(87)36-74-67(92)57-39-17-2-8-23-45(39)77-46-24-9-3-18-40(46)57)65(90)73-34-16-31-53(80-56(88)37-76-69(94)59-42-20-5-11-26-48(42)82-61-44-22-7-13-28-50(44)84-63(59)61)66(91)72-33-14-29-51(64(70)89)78-54(86)35-75-68(93)58-41-19-4-10-25-47(41)81-60-43-21-6-12-27-49(43)83-62(58)60/h2-13,17-28,51-53,83-84H,14-16,29-37H2,1H3,(H2,70,89)(H,71,85)(H,72,91)(H,73,90)(H,74,92)(H,75,93)(H,76,94)(H,78,86)(H,79,87)(H,80,88). The molecule has 11 aromatic rings. The molecule has 0 spiro atoms. The van der Waals surface area contributed by atoms with Crippen LogP contribution >= 0.6 is 0 Å². The number of primary amides is 1. The van der Waals surface area contributed by atoms with E-state index < -0.39 is 90.9 Å². The van der Waals surface area contributed by atoms with Crippen LogP contribution in [0.25, 0.3) is 87.5 Å². The topological polar surface area (TPSA) is 375 Å². The molecule has 478 valence electrons. The quantitative estimate of drug-likeness (QED) is 0.0239. The number of rotatable bonds is 27. The molecule has 0 saturated heterocycles. The maximum atomic E-state index is 14.2. The zero-order valence-electron chi connectivity index (χ0n) is 51.1. The van der Waals surface area contributed by atoms with Crippen molar-refractivity contribution in [3.05, 3.63) is 162 Å². The molecule has 0 fully saturated rings. The first-order chi connectivity index (χ1) is 45.6. The molecule has 6 aromatic carbocycles. The summed E-state index contributed by atoms with van der Waals surface area (Å²) in [4.78, 5) is 156. The van der Waals surface area contributed by atoms with Crippen LogP contribution in [0.5, 0.6) is 0 Å². The van der Waals surface area contributed by atoms with E-state index in [0.717, 1.165) is 21.8 Å². The van der Waals surface area contributed by atoms with E-state index in [1.807, 2.05) is 66.7 Å². The van der Waals surface area contributed by atoms with E-state index in [4.69, 9.17) is 15.7 Å². The number of aromatic nitrogens is 5. The van der Waals surface area contributed by atoms with Crippen LogP contribution in [-0.2, 0) is 33.6 Å². The number of carbonyl (C=O) groups excluding carboxylic acids is 10. The summed E-state index contributed by atoms with van der Waals surface area (Å²) in [5.74, 6) is -6.17. The molecule has 94 heavy (non-hydrogen) atoms. The van der Waals surface area contributed by atoms with Crippen molar-refractivity contribution >= 4 is 147 Å². The lowest BCUT2D eigenvalue weighted by Crippen LogP contribution is -2.51. The molecule has 0 aliphatic rings. The van der Waals surface area contributed by atoms with Crippen LogP contribution in [0.3, 0.4) is 0 Å². The molecule has 0 saturated carbocycles. The molecule has 5 aromatic heterocycles. The van der Waals surface area contributed by atoms with E-state index in [1.54, 1.807) is 78.9 Å². The predicted octanol–water partition coefficient (Wildman–Crippen LogP) is 4.99. The highest BCUT2D eigenvalue weighted by Crippen LogP contribution is 2.33. The minimum atomic E-state index is -1.24. The van der Waals surface area contributed by atoms with Crippen molar-refractivity contribution < 1.29 is 47.9 Å². The summed E-state index contributed by atoms with van der Waals surface area (Å²) in [6.45, 7) is -0.100. The van der Waals surface area contributed by atoms with Gasteiger partial charge in [0.2, 0.25) is 41.4 Å². The van der Waals surface area contributed by atoms with Crippen LogP contribution in [0.1, 0.15) is 76.5 Å². The van der Waals surface area contributed by atoms with Crippen LogP contribution in [0.4, 0.5) is 0 Å². The fraction of sp³-hybridized carbons (Fsp3) is 0.232. The Morgan fingerprint density at radius 3 is 1.10 bits per heavy atom. The Morgan fingerprint density at radius 1 is 0.383 bits per heavy atom. The lowest BCUT2D eigenvalue weighted by Gasteiger charge is -2.21. The van der Waals surface area contributed by atoms with Gasteiger partial charge in [0.15, 0.2) is 0 Å². The van der Waals surface area contributed by atoms with E-state index in [-0.39, 0.29) is 68.8 Å². The number of hydrogen-bond donors (Lipinski definition) is 12. The first-order valence-corrected chi connectivity index (χ1v) is 30.8. The highest BCUT2D eigenvalue weighted by atomic mass is 16.2. The Hall–Kier alpha value is -11.9. The van der Waals surface area contributed by atoms with E-state index in [9.17, 15) is 47.9 Å². The Kier molecular flexibility index (Phi) is 19.6. The average Bonchev–Trinajstić information content (AvgIpc) is 1.49. The Morgan fingerprint density at radius 2 is 0.702 bits per heavy atom. The number of carbonyl (C=O) groups is 10. The van der Waals surface area contributed by atoms with Crippen LogP contribution in [-0.4, -0.2) is 141 Å². The average molecular weight is 1270 g/mol. The number of hydrogen-bond acceptors (Lipinski definition) is 13. The minimum Gasteiger partial charge on any atom is -0.368 e. The van der Waals surface area contributed by atoms with Gasteiger partial charge in [-0.1, -0.05) is 109 Å². The number of pyridine rings is 3. The monoisotopic (exact) mass is 1270 g/mol. The van der Waals surface area contributed by atoms with Crippen LogP contribution in [0.15, 0.2) is 146 Å². The van der Waals surface area contributed by atoms with Crippen molar-refractivity contribution in [2.24, 2.45) is 5.73 Å². The molecule has 3 unspecified atom stereocenters. The smallest absolute Gasteiger partial charge is 0.254 e. The van der Waals surface area contributed by atoms with E-state index >= 15 is 0 Å². The lowest BCUT2D eigenvalue weighted by atomic mass is 10.0. The third kappa shape index (κ3) is 14.5. The minimum absolute atomic E-state index is 0.0314. The van der Waals surface area contributed by atoms with Gasteiger partial charge in [-0.2, -0.15) is 0 Å². The molecule has 3 atom stereocenters. The molecule has 0 aliphatic heterocycles. The van der Waals surface area contributed by atoms with Gasteiger partial charge in [0.05, 0.1) is 80.5 Å². The van der Waals surface area contributed by atoms with Crippen molar-refractivity contribution in [3.63, 3.8) is 0 Å². The maximum absolute atomic E-state index is 14.2. The highest BCUT2D eigenvalue weighted by Gasteiger charge is 2.27. The number of benzene rings is 6. The second-order valence-electron chi connectivity index (χ2n) is 22.6. The Labute approximate surface area is 535 Å². The van der Waals surface area contributed by atoms with Crippen LogP contribution < -0.4 is 53.6 Å².